The third-order valence-electron chi connectivity index (χ3n) is 7.23. The average molecular weight is 559 g/mol. The number of rotatable bonds is 14. The molecule has 2 N–H and O–H groups in total. The summed E-state index contributed by atoms with van der Waals surface area (Å²) in [5.74, 6) is 1.42. The van der Waals surface area contributed by atoms with Gasteiger partial charge in [-0.05, 0) is 64.4 Å². The second-order valence-corrected chi connectivity index (χ2v) is 12.0. The molecule has 39 heavy (non-hydrogen) atoms. The predicted octanol–water partition coefficient (Wildman–Crippen LogP) is 4.07. The number of aryl methyl sites for hydroxylation is 2. The molecule has 0 unspecified atom stereocenters. The summed E-state index contributed by atoms with van der Waals surface area (Å²) in [4.78, 5) is 23.0. The van der Waals surface area contributed by atoms with Crippen molar-refractivity contribution in [3.63, 3.8) is 0 Å². The van der Waals surface area contributed by atoms with Gasteiger partial charge in [0.15, 0.2) is 11.3 Å². The van der Waals surface area contributed by atoms with Gasteiger partial charge in [0.25, 0.3) is 5.56 Å². The van der Waals surface area contributed by atoms with Crippen LogP contribution in [0.15, 0.2) is 27.9 Å². The maximum atomic E-state index is 13.2. The average Bonchev–Trinajstić information content (AvgIpc) is 3.25. The number of likely N-dealkylation sites (tertiary alicyclic amines) is 1. The van der Waals surface area contributed by atoms with Crippen LogP contribution in [0.2, 0.25) is 0 Å². The number of aromatic amines is 1. The van der Waals surface area contributed by atoms with E-state index < -0.39 is 10.0 Å². The number of piperidine rings is 1. The van der Waals surface area contributed by atoms with E-state index in [4.69, 9.17) is 9.84 Å². The first-order valence-corrected chi connectivity index (χ1v) is 15.8. The summed E-state index contributed by atoms with van der Waals surface area (Å²) in [5.41, 5.74) is 1.12. The quantitative estimate of drug-likeness (QED) is 0.286. The normalized spacial score (nSPS) is 14.7. The highest BCUT2D eigenvalue weighted by molar-refractivity contribution is 7.89. The van der Waals surface area contributed by atoms with Crippen LogP contribution in [0.3, 0.4) is 0 Å². The molecule has 0 spiro atoms. The molecule has 0 bridgehead atoms. The SMILES string of the molecule is CCCCCCCc1nc(C)c2c(=O)[nH]c(-c3cc(S(=O)(=O)NCCN4CCCCC4)ccc3OCC)nn12. The van der Waals surface area contributed by atoms with E-state index in [1.807, 2.05) is 6.92 Å². The van der Waals surface area contributed by atoms with Gasteiger partial charge in [-0.2, -0.15) is 0 Å². The second kappa shape index (κ2) is 13.5. The Labute approximate surface area is 231 Å². The van der Waals surface area contributed by atoms with Crippen molar-refractivity contribution in [2.75, 3.05) is 32.8 Å². The monoisotopic (exact) mass is 558 g/mol. The van der Waals surface area contributed by atoms with Crippen LogP contribution in [0.1, 0.15) is 76.7 Å². The molecular formula is C28H42N6O4S. The van der Waals surface area contributed by atoms with Crippen LogP contribution >= 0.6 is 0 Å². The molecule has 0 saturated carbocycles. The zero-order chi connectivity index (χ0) is 27.8. The topological polar surface area (TPSA) is 122 Å². The lowest BCUT2D eigenvalue weighted by Crippen LogP contribution is -2.37. The maximum Gasteiger partial charge on any atom is 0.277 e. The first kappa shape index (κ1) is 29.2. The Balaban J connectivity index is 1.62. The van der Waals surface area contributed by atoms with Gasteiger partial charge < -0.3 is 14.6 Å². The second-order valence-electron chi connectivity index (χ2n) is 10.2. The molecule has 0 atom stereocenters. The number of unbranched alkanes of at least 4 members (excludes halogenated alkanes) is 4. The first-order chi connectivity index (χ1) is 18.8. The number of aromatic nitrogens is 4. The molecule has 0 radical (unpaired) electrons. The number of hydrogen-bond acceptors (Lipinski definition) is 7. The predicted molar refractivity (Wildman–Crippen MR) is 153 cm³/mol. The van der Waals surface area contributed by atoms with Gasteiger partial charge in [0, 0.05) is 19.5 Å². The summed E-state index contributed by atoms with van der Waals surface area (Å²) in [6, 6.07) is 4.67. The number of sulfonamides is 1. The van der Waals surface area contributed by atoms with Crippen LogP contribution in [0.4, 0.5) is 0 Å². The fourth-order valence-electron chi connectivity index (χ4n) is 5.15. The number of nitrogens with one attached hydrogen (secondary N) is 2. The summed E-state index contributed by atoms with van der Waals surface area (Å²) in [5, 5.41) is 4.73. The highest BCUT2D eigenvalue weighted by Crippen LogP contribution is 2.30. The molecule has 2 aromatic heterocycles. The van der Waals surface area contributed by atoms with Crippen molar-refractivity contribution >= 4 is 15.5 Å². The molecular weight excluding hydrogens is 516 g/mol. The van der Waals surface area contributed by atoms with Crippen LogP contribution in [-0.2, 0) is 16.4 Å². The minimum atomic E-state index is -3.77. The van der Waals surface area contributed by atoms with Gasteiger partial charge in [-0.25, -0.2) is 22.6 Å². The van der Waals surface area contributed by atoms with Gasteiger partial charge in [-0.3, -0.25) is 4.79 Å². The fraction of sp³-hybridized carbons (Fsp3) is 0.607. The van der Waals surface area contributed by atoms with Gasteiger partial charge in [-0.15, -0.1) is 5.10 Å². The lowest BCUT2D eigenvalue weighted by atomic mass is 10.1. The van der Waals surface area contributed by atoms with Crippen molar-refractivity contribution in [2.45, 2.75) is 83.5 Å². The first-order valence-electron chi connectivity index (χ1n) is 14.3. The lowest BCUT2D eigenvalue weighted by molar-refractivity contribution is 0.233. The molecule has 3 aromatic rings. The van der Waals surface area contributed by atoms with Crippen molar-refractivity contribution in [2.24, 2.45) is 0 Å². The maximum absolute atomic E-state index is 13.2. The number of ether oxygens (including phenoxy) is 1. The molecule has 11 heteroatoms. The Morgan fingerprint density at radius 1 is 1.08 bits per heavy atom. The van der Waals surface area contributed by atoms with Crippen molar-refractivity contribution < 1.29 is 13.2 Å². The molecule has 1 fully saturated rings. The Hall–Kier alpha value is -2.76. The Bertz CT molecular complexity index is 1410. The molecule has 0 amide bonds. The molecule has 1 aliphatic heterocycles. The van der Waals surface area contributed by atoms with Crippen LogP contribution in [0.5, 0.6) is 5.75 Å². The molecule has 214 valence electrons. The number of nitrogens with zero attached hydrogens (tertiary/aromatic N) is 4. The molecule has 1 aromatic carbocycles. The standard InChI is InChI=1S/C28H42N6O4S/c1-4-6-7-8-10-13-25-30-21(3)26-28(35)31-27(32-34(25)26)23-20-22(14-15-24(23)38-5-2)39(36,37)29-16-19-33-17-11-9-12-18-33/h14-15,20,29H,4-13,16-19H2,1-3H3,(H,31,32,35). The van der Waals surface area contributed by atoms with Gasteiger partial charge in [0.2, 0.25) is 10.0 Å². The number of benzene rings is 1. The number of hydrogen-bond donors (Lipinski definition) is 2. The molecule has 1 saturated heterocycles. The van der Waals surface area contributed by atoms with E-state index in [1.165, 1.54) is 37.8 Å². The molecule has 3 heterocycles. The largest absolute Gasteiger partial charge is 0.493 e. The zero-order valence-corrected chi connectivity index (χ0v) is 24.3. The minimum absolute atomic E-state index is 0.0975. The van der Waals surface area contributed by atoms with Crippen molar-refractivity contribution in [1.29, 1.82) is 0 Å². The molecule has 4 rings (SSSR count). The van der Waals surface area contributed by atoms with Gasteiger partial charge in [0.1, 0.15) is 11.6 Å². The Morgan fingerprint density at radius 2 is 1.85 bits per heavy atom. The smallest absolute Gasteiger partial charge is 0.277 e. The van der Waals surface area contributed by atoms with Crippen molar-refractivity contribution in [3.05, 3.63) is 40.1 Å². The van der Waals surface area contributed by atoms with E-state index in [0.717, 1.165) is 44.6 Å². The third kappa shape index (κ3) is 7.26. The van der Waals surface area contributed by atoms with E-state index in [9.17, 15) is 13.2 Å². The Morgan fingerprint density at radius 3 is 2.59 bits per heavy atom. The van der Waals surface area contributed by atoms with Crippen LogP contribution < -0.4 is 15.0 Å². The summed E-state index contributed by atoms with van der Waals surface area (Å²) in [7, 11) is -3.77. The van der Waals surface area contributed by atoms with Crippen LogP contribution in [-0.4, -0.2) is 65.7 Å². The van der Waals surface area contributed by atoms with E-state index in [-0.39, 0.29) is 16.3 Å². The Kier molecular flexibility index (Phi) is 10.1. The van der Waals surface area contributed by atoms with E-state index in [0.29, 0.717) is 48.6 Å². The molecule has 0 aliphatic carbocycles. The molecule has 1 aliphatic rings. The fourth-order valence-corrected chi connectivity index (χ4v) is 6.20. The third-order valence-corrected chi connectivity index (χ3v) is 8.69. The minimum Gasteiger partial charge on any atom is -0.493 e. The van der Waals surface area contributed by atoms with E-state index in [1.54, 1.807) is 17.5 Å². The van der Waals surface area contributed by atoms with E-state index >= 15 is 0 Å². The summed E-state index contributed by atoms with van der Waals surface area (Å²) in [6.45, 7) is 9.25. The number of imidazole rings is 1. The van der Waals surface area contributed by atoms with Crippen molar-refractivity contribution in [3.8, 4) is 17.1 Å². The number of fused-ring (bicyclic) bond motifs is 1. The highest BCUT2D eigenvalue weighted by Gasteiger charge is 2.21. The van der Waals surface area contributed by atoms with Crippen molar-refractivity contribution in [1.82, 2.24) is 29.2 Å². The summed E-state index contributed by atoms with van der Waals surface area (Å²) in [6.07, 6.45) is 9.86. The molecule has 10 nitrogen and oxygen atoms in total. The van der Waals surface area contributed by atoms with Crippen LogP contribution in [0.25, 0.3) is 16.9 Å². The van der Waals surface area contributed by atoms with Crippen LogP contribution in [0, 0.1) is 6.92 Å². The van der Waals surface area contributed by atoms with Gasteiger partial charge in [-0.1, -0.05) is 39.0 Å². The van der Waals surface area contributed by atoms with Gasteiger partial charge >= 0.3 is 0 Å². The summed E-state index contributed by atoms with van der Waals surface area (Å²) >= 11 is 0. The van der Waals surface area contributed by atoms with Gasteiger partial charge in [0.05, 0.1) is 22.8 Å². The highest BCUT2D eigenvalue weighted by atomic mass is 32.2. The van der Waals surface area contributed by atoms with E-state index in [2.05, 4.69) is 26.5 Å². The zero-order valence-electron chi connectivity index (χ0n) is 23.5. The lowest BCUT2D eigenvalue weighted by Gasteiger charge is -2.26. The summed E-state index contributed by atoms with van der Waals surface area (Å²) < 4.78 is 36.5. The number of H-pyrrole nitrogens is 1.